The van der Waals surface area contributed by atoms with E-state index in [1.807, 2.05) is 41.1 Å². The van der Waals surface area contributed by atoms with Crippen molar-refractivity contribution < 1.29 is 22.7 Å². The second kappa shape index (κ2) is 12.0. The molecule has 2 heterocycles. The van der Waals surface area contributed by atoms with Crippen LogP contribution in [0.25, 0.3) is 0 Å². The first-order valence-electron chi connectivity index (χ1n) is 12.3. The Hall–Kier alpha value is -3.06. The van der Waals surface area contributed by atoms with Gasteiger partial charge in [-0.2, -0.15) is 12.7 Å². The predicted molar refractivity (Wildman–Crippen MR) is 149 cm³/mol. The summed E-state index contributed by atoms with van der Waals surface area (Å²) in [5, 5.41) is 0.434. The molecule has 1 aliphatic carbocycles. The molecule has 0 aliphatic heterocycles. The Balaban J connectivity index is 1.55. The molecule has 4 rings (SSSR count). The summed E-state index contributed by atoms with van der Waals surface area (Å²) in [4.78, 5) is 36.9. The Morgan fingerprint density at radius 3 is 2.46 bits per heavy atom. The molecule has 2 amide bonds. The smallest absolute Gasteiger partial charge is 0.303 e. The Kier molecular flexibility index (Phi) is 8.90. The zero-order chi connectivity index (χ0) is 28.2. The number of nitrogens with zero attached hydrogens (tertiary/aromatic N) is 4. The number of thiazole rings is 1. The highest BCUT2D eigenvalue weighted by Crippen LogP contribution is 2.50. The summed E-state index contributed by atoms with van der Waals surface area (Å²) in [7, 11) is 0.126. The highest BCUT2D eigenvalue weighted by molar-refractivity contribution is 7.87. The number of aromatic nitrogens is 2. The fourth-order valence-electron chi connectivity index (χ4n) is 4.18. The van der Waals surface area contributed by atoms with Crippen LogP contribution in [0.4, 0.5) is 0 Å². The summed E-state index contributed by atoms with van der Waals surface area (Å²) in [6.45, 7) is 0.601. The van der Waals surface area contributed by atoms with Crippen molar-refractivity contribution in [1.29, 1.82) is 0 Å². The van der Waals surface area contributed by atoms with Gasteiger partial charge in [-0.1, -0.05) is 48.0 Å². The van der Waals surface area contributed by atoms with Crippen LogP contribution in [0.3, 0.4) is 0 Å². The van der Waals surface area contributed by atoms with Crippen LogP contribution in [0.1, 0.15) is 45.9 Å². The second-order valence-electron chi connectivity index (χ2n) is 9.44. The molecule has 39 heavy (non-hydrogen) atoms. The third-order valence-electron chi connectivity index (χ3n) is 6.55. The summed E-state index contributed by atoms with van der Waals surface area (Å²) in [6, 6.07) is 13.6. The van der Waals surface area contributed by atoms with E-state index in [9.17, 15) is 18.0 Å². The Bertz CT molecular complexity index is 1420. The van der Waals surface area contributed by atoms with E-state index in [2.05, 4.69) is 9.97 Å². The normalized spacial score (nSPS) is 14.2. The highest BCUT2D eigenvalue weighted by atomic mass is 35.5. The number of nitrogens with one attached hydrogen (secondary N) is 1. The fourth-order valence-corrected chi connectivity index (χ4v) is 5.89. The highest BCUT2D eigenvalue weighted by Gasteiger charge is 2.53. The molecule has 13 heteroatoms. The molecule has 10 nitrogen and oxygen atoms in total. The number of benzene rings is 1. The van der Waals surface area contributed by atoms with Crippen LogP contribution in [0.5, 0.6) is 5.88 Å². The van der Waals surface area contributed by atoms with E-state index in [1.165, 1.54) is 26.8 Å². The van der Waals surface area contributed by atoms with Crippen molar-refractivity contribution in [2.75, 3.05) is 27.7 Å². The number of carbonyl (C=O) groups is 2. The van der Waals surface area contributed by atoms with Crippen LogP contribution in [-0.2, 0) is 33.4 Å². The van der Waals surface area contributed by atoms with E-state index in [0.717, 1.165) is 34.0 Å². The number of hydrogen-bond acceptors (Lipinski definition) is 8. The van der Waals surface area contributed by atoms with Crippen LogP contribution in [0.15, 0.2) is 48.7 Å². The summed E-state index contributed by atoms with van der Waals surface area (Å²) < 4.78 is 32.2. The summed E-state index contributed by atoms with van der Waals surface area (Å²) in [5.74, 6) is -0.502. The van der Waals surface area contributed by atoms with E-state index in [4.69, 9.17) is 16.3 Å². The van der Waals surface area contributed by atoms with Crippen molar-refractivity contribution in [1.82, 2.24) is 23.9 Å². The third-order valence-corrected chi connectivity index (χ3v) is 9.20. The van der Waals surface area contributed by atoms with Gasteiger partial charge in [0.1, 0.15) is 9.34 Å². The standard InChI is InChI=1S/C26H30ClN5O5S2/c1-31(2)39(35,36)30-24(33)22-23(27)38-21(29-22)17-32(15-7-10-18-8-5-4-6-9-18)25(34)26(13-14-26)19-11-12-20(37-3)28-16-19/h4-6,8-9,11-12,16H,7,10,13-15,17H2,1-3H3,(H,30,33). The monoisotopic (exact) mass is 591 g/mol. The first-order valence-corrected chi connectivity index (χ1v) is 14.9. The van der Waals surface area contributed by atoms with Gasteiger partial charge in [-0.25, -0.2) is 14.7 Å². The molecule has 0 bridgehead atoms. The SMILES string of the molecule is COc1ccc(C2(C(=O)N(CCCc3ccccc3)Cc3nc(C(=O)NS(=O)(=O)N(C)C)c(Cl)s3)CC2)cn1. The molecule has 1 aliphatic rings. The predicted octanol–water partition coefficient (Wildman–Crippen LogP) is 3.43. The Morgan fingerprint density at radius 2 is 1.87 bits per heavy atom. The number of carbonyl (C=O) groups excluding carboxylic acids is 2. The summed E-state index contributed by atoms with van der Waals surface area (Å²) in [6.07, 6.45) is 4.59. The van der Waals surface area contributed by atoms with Crippen molar-refractivity contribution >= 4 is 45.0 Å². The molecule has 1 N–H and O–H groups in total. The fraction of sp³-hybridized carbons (Fsp3) is 0.385. The first-order chi connectivity index (χ1) is 18.6. The number of pyridine rings is 1. The minimum absolute atomic E-state index is 0.0463. The van der Waals surface area contributed by atoms with Gasteiger partial charge < -0.3 is 9.64 Å². The molecule has 0 unspecified atom stereocenters. The summed E-state index contributed by atoms with van der Waals surface area (Å²) >= 11 is 7.33. The molecular formula is C26H30ClN5O5S2. The van der Waals surface area contributed by atoms with Crippen LogP contribution in [0, 0.1) is 0 Å². The van der Waals surface area contributed by atoms with Gasteiger partial charge in [-0.05, 0) is 36.8 Å². The lowest BCUT2D eigenvalue weighted by Gasteiger charge is -2.27. The average Bonchev–Trinajstić information content (AvgIpc) is 3.64. The number of amides is 2. The molecule has 1 fully saturated rings. The van der Waals surface area contributed by atoms with Crippen molar-refractivity contribution in [3.05, 3.63) is 74.8 Å². The maximum absolute atomic E-state index is 14.0. The lowest BCUT2D eigenvalue weighted by molar-refractivity contribution is -0.134. The van der Waals surface area contributed by atoms with Crippen LogP contribution in [-0.4, -0.2) is 67.2 Å². The zero-order valence-electron chi connectivity index (χ0n) is 21.9. The molecular weight excluding hydrogens is 562 g/mol. The van der Waals surface area contributed by atoms with E-state index in [0.29, 0.717) is 30.3 Å². The second-order valence-corrected chi connectivity index (χ2v) is 13.0. The molecule has 1 aromatic carbocycles. The molecule has 208 valence electrons. The van der Waals surface area contributed by atoms with Gasteiger partial charge in [0, 0.05) is 32.9 Å². The lowest BCUT2D eigenvalue weighted by atomic mass is 9.95. The van der Waals surface area contributed by atoms with Gasteiger partial charge in [0.2, 0.25) is 11.8 Å². The molecule has 3 aromatic rings. The van der Waals surface area contributed by atoms with Crippen molar-refractivity contribution in [3.8, 4) is 5.88 Å². The number of methoxy groups -OCH3 is 1. The van der Waals surface area contributed by atoms with Gasteiger partial charge in [-0.3, -0.25) is 9.59 Å². The summed E-state index contributed by atoms with van der Waals surface area (Å²) in [5.41, 5.74) is 1.13. The van der Waals surface area contributed by atoms with E-state index >= 15 is 0 Å². The van der Waals surface area contributed by atoms with Gasteiger partial charge in [-0.15, -0.1) is 11.3 Å². The number of rotatable bonds is 12. The van der Waals surface area contributed by atoms with E-state index in [1.54, 1.807) is 17.2 Å². The number of halogens is 1. The largest absolute Gasteiger partial charge is 0.481 e. The first kappa shape index (κ1) is 28.9. The maximum atomic E-state index is 14.0. The number of aryl methyl sites for hydroxylation is 1. The topological polar surface area (TPSA) is 122 Å². The van der Waals surface area contributed by atoms with Crippen LogP contribution < -0.4 is 9.46 Å². The van der Waals surface area contributed by atoms with Gasteiger partial charge in [0.15, 0.2) is 5.69 Å². The quantitative estimate of drug-likeness (QED) is 0.342. The van der Waals surface area contributed by atoms with E-state index < -0.39 is 21.5 Å². The van der Waals surface area contributed by atoms with Crippen LogP contribution >= 0.6 is 22.9 Å². The molecule has 2 aromatic heterocycles. The van der Waals surface area contributed by atoms with E-state index in [-0.39, 0.29) is 22.5 Å². The minimum Gasteiger partial charge on any atom is -0.481 e. The lowest BCUT2D eigenvalue weighted by Crippen LogP contribution is -2.40. The van der Waals surface area contributed by atoms with Crippen molar-refractivity contribution in [2.45, 2.75) is 37.6 Å². The van der Waals surface area contributed by atoms with Crippen molar-refractivity contribution in [2.24, 2.45) is 0 Å². The number of hydrogen-bond donors (Lipinski definition) is 1. The molecule has 1 saturated carbocycles. The average molecular weight is 592 g/mol. The molecule has 0 atom stereocenters. The maximum Gasteiger partial charge on any atom is 0.303 e. The Labute approximate surface area is 237 Å². The number of ether oxygens (including phenoxy) is 1. The van der Waals surface area contributed by atoms with Gasteiger partial charge in [0.05, 0.1) is 19.1 Å². The third kappa shape index (κ3) is 6.75. The molecule has 0 radical (unpaired) electrons. The van der Waals surface area contributed by atoms with Crippen molar-refractivity contribution in [3.63, 3.8) is 0 Å². The molecule has 0 saturated heterocycles. The van der Waals surface area contributed by atoms with Crippen LogP contribution in [0.2, 0.25) is 4.34 Å². The molecule has 0 spiro atoms. The van der Waals surface area contributed by atoms with Gasteiger partial charge >= 0.3 is 10.2 Å². The Morgan fingerprint density at radius 1 is 1.15 bits per heavy atom. The van der Waals surface area contributed by atoms with Gasteiger partial charge in [0.25, 0.3) is 5.91 Å². The minimum atomic E-state index is -4.01. The zero-order valence-corrected chi connectivity index (χ0v) is 24.3.